The van der Waals surface area contributed by atoms with Crippen molar-refractivity contribution in [3.05, 3.63) is 23.9 Å². The molecule has 0 spiro atoms. The molecule has 1 aromatic rings. The Bertz CT molecular complexity index is 469. The zero-order valence-corrected chi connectivity index (χ0v) is 11.0. The Morgan fingerprint density at radius 2 is 2.15 bits per heavy atom. The van der Waals surface area contributed by atoms with Crippen LogP contribution < -0.4 is 4.90 Å². The van der Waals surface area contributed by atoms with Gasteiger partial charge in [0.15, 0.2) is 0 Å². The first-order valence-corrected chi connectivity index (χ1v) is 6.37. The van der Waals surface area contributed by atoms with Crippen LogP contribution in [0.4, 0.5) is 19.0 Å². The number of rotatable bonds is 5. The largest absolute Gasteiger partial charge is 0.465 e. The highest BCUT2D eigenvalue weighted by molar-refractivity contribution is 5.75. The molecule has 0 unspecified atom stereocenters. The van der Waals surface area contributed by atoms with Gasteiger partial charge < -0.3 is 9.64 Å². The van der Waals surface area contributed by atoms with Gasteiger partial charge in [0.1, 0.15) is 12.4 Å². The molecule has 0 amide bonds. The minimum Gasteiger partial charge on any atom is -0.465 e. The highest BCUT2D eigenvalue weighted by Crippen LogP contribution is 2.33. The van der Waals surface area contributed by atoms with Gasteiger partial charge in [0.25, 0.3) is 0 Å². The second-order valence-corrected chi connectivity index (χ2v) is 4.57. The molecular formula is C13H15F3N2O2. The summed E-state index contributed by atoms with van der Waals surface area (Å²) in [4.78, 5) is 17.0. The van der Waals surface area contributed by atoms with Crippen molar-refractivity contribution < 1.29 is 22.7 Å². The molecule has 1 fully saturated rings. The van der Waals surface area contributed by atoms with Crippen molar-refractivity contribution >= 4 is 11.8 Å². The normalized spacial score (nSPS) is 15.0. The van der Waals surface area contributed by atoms with Crippen molar-refractivity contribution in [1.82, 2.24) is 4.98 Å². The van der Waals surface area contributed by atoms with Crippen molar-refractivity contribution in [2.45, 2.75) is 32.0 Å². The zero-order chi connectivity index (χ0) is 14.8. The van der Waals surface area contributed by atoms with Gasteiger partial charge in [-0.2, -0.15) is 13.2 Å². The quantitative estimate of drug-likeness (QED) is 0.781. The first-order chi connectivity index (χ1) is 9.41. The number of carbonyl (C=O) groups excluding carboxylic acids is 1. The number of esters is 1. The molecule has 0 saturated heterocycles. The summed E-state index contributed by atoms with van der Waals surface area (Å²) in [6.45, 7) is 1.99. The third kappa shape index (κ3) is 3.61. The number of aromatic nitrogens is 1. The summed E-state index contributed by atoms with van der Waals surface area (Å²) in [5.74, 6) is -0.0327. The first kappa shape index (κ1) is 14.6. The van der Waals surface area contributed by atoms with E-state index in [0.717, 1.165) is 25.1 Å². The van der Waals surface area contributed by atoms with Crippen LogP contribution in [0.15, 0.2) is 18.3 Å². The molecule has 1 saturated carbocycles. The molecule has 110 valence electrons. The highest BCUT2D eigenvalue weighted by atomic mass is 19.4. The predicted octanol–water partition coefficient (Wildman–Crippen LogP) is 2.63. The minimum absolute atomic E-state index is 0.0108. The van der Waals surface area contributed by atoms with Crippen LogP contribution in [0.25, 0.3) is 0 Å². The van der Waals surface area contributed by atoms with Crippen molar-refractivity contribution in [1.29, 1.82) is 0 Å². The van der Waals surface area contributed by atoms with Crippen LogP contribution in [0.5, 0.6) is 0 Å². The maximum Gasteiger partial charge on any atom is 0.417 e. The first-order valence-electron chi connectivity index (χ1n) is 6.37. The lowest BCUT2D eigenvalue weighted by Crippen LogP contribution is -2.33. The summed E-state index contributed by atoms with van der Waals surface area (Å²) in [6, 6.07) is 2.42. The third-order valence-corrected chi connectivity index (χ3v) is 2.96. The molecule has 7 heteroatoms. The number of carbonyl (C=O) groups is 1. The molecule has 0 radical (unpaired) electrons. The van der Waals surface area contributed by atoms with E-state index in [0.29, 0.717) is 5.82 Å². The van der Waals surface area contributed by atoms with E-state index < -0.39 is 17.7 Å². The van der Waals surface area contributed by atoms with Gasteiger partial charge in [0.2, 0.25) is 0 Å². The Kier molecular flexibility index (Phi) is 4.15. The van der Waals surface area contributed by atoms with Gasteiger partial charge in [-0.25, -0.2) is 4.98 Å². The molecule has 0 bridgehead atoms. The second kappa shape index (κ2) is 5.68. The van der Waals surface area contributed by atoms with Gasteiger partial charge in [0, 0.05) is 12.2 Å². The Morgan fingerprint density at radius 1 is 1.45 bits per heavy atom. The van der Waals surface area contributed by atoms with E-state index in [9.17, 15) is 18.0 Å². The number of anilines is 1. The molecular weight excluding hydrogens is 273 g/mol. The second-order valence-electron chi connectivity index (χ2n) is 4.57. The van der Waals surface area contributed by atoms with Gasteiger partial charge in [-0.1, -0.05) is 0 Å². The molecule has 1 heterocycles. The van der Waals surface area contributed by atoms with E-state index in [1.54, 1.807) is 11.8 Å². The molecule has 1 aromatic heterocycles. The zero-order valence-electron chi connectivity index (χ0n) is 11.0. The molecule has 0 N–H and O–H groups in total. The average Bonchev–Trinajstić information content (AvgIpc) is 3.20. The van der Waals surface area contributed by atoms with E-state index in [-0.39, 0.29) is 19.2 Å². The fourth-order valence-corrected chi connectivity index (χ4v) is 1.85. The maximum absolute atomic E-state index is 12.5. The Balaban J connectivity index is 2.11. The number of hydrogen-bond acceptors (Lipinski definition) is 4. The van der Waals surface area contributed by atoms with Crippen LogP contribution in [0.3, 0.4) is 0 Å². The van der Waals surface area contributed by atoms with Gasteiger partial charge in [-0.15, -0.1) is 0 Å². The summed E-state index contributed by atoms with van der Waals surface area (Å²) in [6.07, 6.45) is -1.81. The van der Waals surface area contributed by atoms with Crippen molar-refractivity contribution in [3.8, 4) is 0 Å². The van der Waals surface area contributed by atoms with Crippen LogP contribution in [-0.2, 0) is 15.7 Å². The molecule has 0 aromatic carbocycles. The van der Waals surface area contributed by atoms with E-state index in [4.69, 9.17) is 4.74 Å². The van der Waals surface area contributed by atoms with E-state index >= 15 is 0 Å². The molecule has 1 aliphatic carbocycles. The molecule has 2 rings (SSSR count). The van der Waals surface area contributed by atoms with E-state index in [1.165, 1.54) is 6.07 Å². The smallest absolute Gasteiger partial charge is 0.417 e. The highest BCUT2D eigenvalue weighted by Gasteiger charge is 2.34. The van der Waals surface area contributed by atoms with Crippen molar-refractivity contribution in [2.75, 3.05) is 18.1 Å². The molecule has 0 aliphatic heterocycles. The third-order valence-electron chi connectivity index (χ3n) is 2.96. The number of hydrogen-bond donors (Lipinski definition) is 0. The lowest BCUT2D eigenvalue weighted by Gasteiger charge is -2.22. The number of pyridine rings is 1. The molecule has 1 aliphatic rings. The Hall–Kier alpha value is -1.79. The number of ether oxygens (including phenoxy) is 1. The summed E-state index contributed by atoms with van der Waals surface area (Å²) in [5, 5.41) is 0. The van der Waals surface area contributed by atoms with Crippen molar-refractivity contribution in [3.63, 3.8) is 0 Å². The summed E-state index contributed by atoms with van der Waals surface area (Å²) in [7, 11) is 0. The fraction of sp³-hybridized carbons (Fsp3) is 0.538. The lowest BCUT2D eigenvalue weighted by atomic mass is 10.2. The van der Waals surface area contributed by atoms with E-state index in [1.807, 2.05) is 0 Å². The van der Waals surface area contributed by atoms with Crippen LogP contribution in [-0.4, -0.2) is 30.1 Å². The maximum atomic E-state index is 12.5. The number of nitrogens with zero attached hydrogens (tertiary/aromatic N) is 2. The summed E-state index contributed by atoms with van der Waals surface area (Å²) in [5.41, 5.74) is -0.798. The van der Waals surface area contributed by atoms with Gasteiger partial charge in [-0.05, 0) is 31.9 Å². The summed E-state index contributed by atoms with van der Waals surface area (Å²) >= 11 is 0. The predicted molar refractivity (Wildman–Crippen MR) is 66.2 cm³/mol. The number of halogens is 3. The molecule has 0 atom stereocenters. The van der Waals surface area contributed by atoms with Crippen LogP contribution >= 0.6 is 0 Å². The standard InChI is InChI=1S/C13H15F3N2O2/c1-2-20-12(19)8-18(10-4-5-10)11-6-3-9(7-17-11)13(14,15)16/h3,6-7,10H,2,4-5,8H2,1H3. The fourth-order valence-electron chi connectivity index (χ4n) is 1.85. The Labute approximate surface area is 114 Å². The summed E-state index contributed by atoms with van der Waals surface area (Å²) < 4.78 is 42.3. The lowest BCUT2D eigenvalue weighted by molar-refractivity contribution is -0.141. The topological polar surface area (TPSA) is 42.4 Å². The van der Waals surface area contributed by atoms with Gasteiger partial charge >= 0.3 is 12.1 Å². The molecule has 4 nitrogen and oxygen atoms in total. The average molecular weight is 288 g/mol. The van der Waals surface area contributed by atoms with E-state index in [2.05, 4.69) is 4.98 Å². The Morgan fingerprint density at radius 3 is 2.60 bits per heavy atom. The van der Waals surface area contributed by atoms with Crippen molar-refractivity contribution in [2.24, 2.45) is 0 Å². The minimum atomic E-state index is -4.41. The SMILES string of the molecule is CCOC(=O)CN(c1ccc(C(F)(F)F)cn1)C1CC1. The van der Waals surface area contributed by atoms with Crippen LogP contribution in [0.1, 0.15) is 25.3 Å². The van der Waals surface area contributed by atoms with Gasteiger partial charge in [-0.3, -0.25) is 4.79 Å². The van der Waals surface area contributed by atoms with Crippen LogP contribution in [0.2, 0.25) is 0 Å². The monoisotopic (exact) mass is 288 g/mol. The molecule has 20 heavy (non-hydrogen) atoms. The van der Waals surface area contributed by atoms with Gasteiger partial charge in [0.05, 0.1) is 12.2 Å². The number of alkyl halides is 3. The van der Waals surface area contributed by atoms with Crippen LogP contribution in [0, 0.1) is 0 Å².